The predicted octanol–water partition coefficient (Wildman–Crippen LogP) is 6.72. The first-order valence-electron chi connectivity index (χ1n) is 12.6. The molecule has 0 N–H and O–H groups in total. The van der Waals surface area contributed by atoms with Crippen molar-refractivity contribution in [2.75, 3.05) is 42.7 Å². The zero-order chi connectivity index (χ0) is 25.8. The van der Waals surface area contributed by atoms with Gasteiger partial charge in [-0.05, 0) is 35.6 Å². The predicted molar refractivity (Wildman–Crippen MR) is 141 cm³/mol. The maximum Gasteiger partial charge on any atom is 0.168 e. The highest BCUT2D eigenvalue weighted by atomic mass is 16.5. The number of methoxy groups -OCH3 is 6. The summed E-state index contributed by atoms with van der Waals surface area (Å²) in [5.41, 5.74) is 4.22. The maximum atomic E-state index is 6.10. The van der Waals surface area contributed by atoms with Crippen molar-refractivity contribution >= 4 is 11.5 Å². The highest BCUT2D eigenvalue weighted by Crippen LogP contribution is 2.58. The summed E-state index contributed by atoms with van der Waals surface area (Å²) < 4.78 is 35.6. The molecule has 0 saturated heterocycles. The van der Waals surface area contributed by atoms with Gasteiger partial charge >= 0.3 is 0 Å². The van der Waals surface area contributed by atoms with Crippen LogP contribution in [0.2, 0.25) is 0 Å². The summed E-state index contributed by atoms with van der Waals surface area (Å²) in [6.07, 6.45) is 4.36. The van der Waals surface area contributed by atoms with Crippen LogP contribution in [0.3, 0.4) is 0 Å². The van der Waals surface area contributed by atoms with Crippen molar-refractivity contribution in [1.82, 2.24) is 0 Å². The standard InChI is InChI=1S/C30H38O6/c1-8-9-10-13-18(23-19-14-11-16-21(31-2)25(19)29(35-6)27(23)33-4)24-20-15-12-17-22(32-3)26(20)30(36-7)28(24)34-5/h11-12,14-18,23-24H,8-10,13H2,1-7H3. The van der Waals surface area contributed by atoms with E-state index >= 15 is 0 Å². The first kappa shape index (κ1) is 25.8. The number of rotatable bonds is 12. The van der Waals surface area contributed by atoms with Crippen molar-refractivity contribution in [3.8, 4) is 11.5 Å². The summed E-state index contributed by atoms with van der Waals surface area (Å²) in [5, 5.41) is 0. The summed E-state index contributed by atoms with van der Waals surface area (Å²) in [5.74, 6) is 4.70. The van der Waals surface area contributed by atoms with E-state index in [9.17, 15) is 0 Å². The molecule has 0 bridgehead atoms. The summed E-state index contributed by atoms with van der Waals surface area (Å²) in [6, 6.07) is 12.3. The van der Waals surface area contributed by atoms with Gasteiger partial charge in [-0.1, -0.05) is 50.5 Å². The molecule has 2 aliphatic rings. The van der Waals surface area contributed by atoms with Crippen molar-refractivity contribution < 1.29 is 28.4 Å². The number of unbranched alkanes of at least 4 members (excludes halogenated alkanes) is 2. The fourth-order valence-electron chi connectivity index (χ4n) is 6.10. The number of benzene rings is 2. The van der Waals surface area contributed by atoms with Crippen molar-refractivity contribution in [2.24, 2.45) is 5.92 Å². The molecule has 0 saturated carbocycles. The number of hydrogen-bond donors (Lipinski definition) is 0. The van der Waals surface area contributed by atoms with Crippen LogP contribution in [0.4, 0.5) is 0 Å². The van der Waals surface area contributed by atoms with Gasteiger partial charge in [0.25, 0.3) is 0 Å². The van der Waals surface area contributed by atoms with Crippen molar-refractivity contribution in [1.29, 1.82) is 0 Å². The molecule has 0 aliphatic heterocycles. The third-order valence-corrected chi connectivity index (χ3v) is 7.54. The Kier molecular flexibility index (Phi) is 8.02. The molecule has 0 heterocycles. The van der Waals surface area contributed by atoms with Crippen molar-refractivity contribution in [2.45, 2.75) is 44.4 Å². The van der Waals surface area contributed by atoms with Gasteiger partial charge in [-0.3, -0.25) is 0 Å². The first-order chi connectivity index (χ1) is 17.6. The van der Waals surface area contributed by atoms with E-state index in [0.29, 0.717) is 0 Å². The average molecular weight is 495 g/mol. The molecule has 6 nitrogen and oxygen atoms in total. The van der Waals surface area contributed by atoms with Gasteiger partial charge in [-0.25, -0.2) is 0 Å². The Balaban J connectivity index is 1.96. The van der Waals surface area contributed by atoms with Gasteiger partial charge < -0.3 is 28.4 Å². The number of fused-ring (bicyclic) bond motifs is 2. The molecule has 0 amide bonds. The molecule has 2 atom stereocenters. The summed E-state index contributed by atoms with van der Waals surface area (Å²) >= 11 is 0. The molecule has 36 heavy (non-hydrogen) atoms. The highest BCUT2D eigenvalue weighted by molar-refractivity contribution is 5.80. The largest absolute Gasteiger partial charge is 0.497 e. The van der Waals surface area contributed by atoms with E-state index in [2.05, 4.69) is 19.1 Å². The quantitative estimate of drug-likeness (QED) is 0.305. The zero-order valence-corrected chi connectivity index (χ0v) is 22.5. The van der Waals surface area contributed by atoms with E-state index in [1.807, 2.05) is 24.3 Å². The van der Waals surface area contributed by atoms with Crippen LogP contribution in [-0.2, 0) is 18.9 Å². The Hall–Kier alpha value is -3.28. The van der Waals surface area contributed by atoms with Crippen molar-refractivity contribution in [3.05, 3.63) is 70.2 Å². The van der Waals surface area contributed by atoms with Crippen LogP contribution < -0.4 is 9.47 Å². The lowest BCUT2D eigenvalue weighted by molar-refractivity contribution is 0.186. The molecular weight excluding hydrogens is 456 g/mol. The Labute approximate surface area is 214 Å². The van der Waals surface area contributed by atoms with Crippen LogP contribution in [0.1, 0.15) is 66.7 Å². The van der Waals surface area contributed by atoms with Crippen LogP contribution in [0.25, 0.3) is 11.5 Å². The highest BCUT2D eigenvalue weighted by Gasteiger charge is 2.48. The maximum absolute atomic E-state index is 6.10. The van der Waals surface area contributed by atoms with E-state index in [1.54, 1.807) is 42.7 Å². The molecule has 6 heteroatoms. The van der Waals surface area contributed by atoms with Gasteiger partial charge in [0.2, 0.25) is 0 Å². The molecule has 0 fully saturated rings. The molecule has 2 aliphatic carbocycles. The Morgan fingerprint density at radius 3 is 1.44 bits per heavy atom. The zero-order valence-electron chi connectivity index (χ0n) is 22.5. The molecule has 0 spiro atoms. The molecule has 4 rings (SSSR count). The van der Waals surface area contributed by atoms with E-state index in [0.717, 1.165) is 82.5 Å². The number of ether oxygens (including phenoxy) is 6. The van der Waals surface area contributed by atoms with Crippen LogP contribution in [0.15, 0.2) is 47.9 Å². The Morgan fingerprint density at radius 1 is 0.611 bits per heavy atom. The molecule has 194 valence electrons. The van der Waals surface area contributed by atoms with E-state index in [1.165, 1.54) is 0 Å². The third-order valence-electron chi connectivity index (χ3n) is 7.54. The molecule has 2 unspecified atom stereocenters. The second-order valence-electron chi connectivity index (χ2n) is 9.17. The molecule has 0 aromatic heterocycles. The van der Waals surface area contributed by atoms with Crippen LogP contribution in [0.5, 0.6) is 11.5 Å². The van der Waals surface area contributed by atoms with Gasteiger partial charge in [0.1, 0.15) is 23.0 Å². The first-order valence-corrected chi connectivity index (χ1v) is 12.6. The minimum atomic E-state index is -0.0442. The van der Waals surface area contributed by atoms with Gasteiger partial charge in [0.15, 0.2) is 11.5 Å². The van der Waals surface area contributed by atoms with Gasteiger partial charge in [-0.2, -0.15) is 0 Å². The van der Waals surface area contributed by atoms with Crippen molar-refractivity contribution in [3.63, 3.8) is 0 Å². The lowest BCUT2D eigenvalue weighted by Gasteiger charge is -2.33. The Bertz CT molecular complexity index is 1060. The minimum Gasteiger partial charge on any atom is -0.497 e. The minimum absolute atomic E-state index is 0.0442. The normalized spacial score (nSPS) is 19.1. The van der Waals surface area contributed by atoms with E-state index in [4.69, 9.17) is 28.4 Å². The smallest absolute Gasteiger partial charge is 0.168 e. The number of allylic oxidation sites excluding steroid dienone is 2. The van der Waals surface area contributed by atoms with E-state index < -0.39 is 0 Å². The Morgan fingerprint density at radius 2 is 1.08 bits per heavy atom. The summed E-state index contributed by atoms with van der Waals surface area (Å²) in [4.78, 5) is 0. The van der Waals surface area contributed by atoms with Crippen LogP contribution in [0, 0.1) is 5.92 Å². The third kappa shape index (κ3) is 4.06. The van der Waals surface area contributed by atoms with E-state index in [-0.39, 0.29) is 17.8 Å². The lowest BCUT2D eigenvalue weighted by atomic mass is 9.73. The molecule has 2 aromatic carbocycles. The summed E-state index contributed by atoms with van der Waals surface area (Å²) in [7, 11) is 10.2. The second-order valence-corrected chi connectivity index (χ2v) is 9.17. The summed E-state index contributed by atoms with van der Waals surface area (Å²) in [6.45, 7) is 2.23. The van der Waals surface area contributed by atoms with Crippen LogP contribution >= 0.6 is 0 Å². The average Bonchev–Trinajstić information content (AvgIpc) is 3.42. The van der Waals surface area contributed by atoms with Gasteiger partial charge in [-0.15, -0.1) is 0 Å². The fraction of sp³-hybridized carbons (Fsp3) is 0.467. The monoisotopic (exact) mass is 494 g/mol. The molecule has 0 radical (unpaired) electrons. The van der Waals surface area contributed by atoms with Crippen LogP contribution in [-0.4, -0.2) is 42.7 Å². The van der Waals surface area contributed by atoms with Gasteiger partial charge in [0.05, 0.1) is 65.6 Å². The fourth-order valence-corrected chi connectivity index (χ4v) is 6.10. The SMILES string of the molecule is CCCCCC(C1C(OC)=C(OC)c2c(OC)cccc21)C1C(OC)=C(OC)c2c(OC)cccc21. The lowest BCUT2D eigenvalue weighted by Crippen LogP contribution is -2.23. The molecule has 2 aromatic rings. The topological polar surface area (TPSA) is 55.4 Å². The van der Waals surface area contributed by atoms with Gasteiger partial charge in [0, 0.05) is 0 Å². The molecular formula is C30H38O6. The second kappa shape index (κ2) is 11.2. The number of hydrogen-bond acceptors (Lipinski definition) is 6.